The summed E-state index contributed by atoms with van der Waals surface area (Å²) in [5, 5.41) is 2.79. The Kier molecular flexibility index (Phi) is 6.58. The molecule has 0 spiro atoms. The van der Waals surface area contributed by atoms with Crippen LogP contribution >= 0.6 is 11.3 Å². The Morgan fingerprint density at radius 3 is 2.48 bits per heavy atom. The summed E-state index contributed by atoms with van der Waals surface area (Å²) in [5.74, 6) is 0.979. The molecule has 2 aromatic rings. The number of ether oxygens (including phenoxy) is 2. The SMILES string of the molecule is CCOc1ccc(NC(=O)CCC(=O)c2cc(C)sc2C)cc1OC. The van der Waals surface area contributed by atoms with Crippen LogP contribution in [0.3, 0.4) is 0 Å². The van der Waals surface area contributed by atoms with Gasteiger partial charge < -0.3 is 14.8 Å². The molecule has 134 valence electrons. The van der Waals surface area contributed by atoms with Gasteiger partial charge in [0.05, 0.1) is 13.7 Å². The zero-order valence-corrected chi connectivity index (χ0v) is 15.8. The molecular formula is C19H23NO4S. The van der Waals surface area contributed by atoms with Crippen LogP contribution in [-0.2, 0) is 4.79 Å². The van der Waals surface area contributed by atoms with Gasteiger partial charge in [-0.05, 0) is 39.0 Å². The lowest BCUT2D eigenvalue weighted by Crippen LogP contribution is -2.13. The fourth-order valence-corrected chi connectivity index (χ4v) is 3.46. The molecule has 25 heavy (non-hydrogen) atoms. The first-order valence-electron chi connectivity index (χ1n) is 8.15. The Balaban J connectivity index is 1.94. The minimum absolute atomic E-state index is 0.00118. The summed E-state index contributed by atoms with van der Waals surface area (Å²) in [6.45, 7) is 6.33. The van der Waals surface area contributed by atoms with Gasteiger partial charge in [0.2, 0.25) is 5.91 Å². The molecule has 2 rings (SSSR count). The number of anilines is 1. The monoisotopic (exact) mass is 361 g/mol. The van der Waals surface area contributed by atoms with Crippen LogP contribution in [-0.4, -0.2) is 25.4 Å². The molecule has 0 aliphatic carbocycles. The third-order valence-electron chi connectivity index (χ3n) is 3.67. The molecule has 1 amide bonds. The Hall–Kier alpha value is -2.34. The van der Waals surface area contributed by atoms with E-state index in [2.05, 4.69) is 5.32 Å². The molecule has 0 unspecified atom stereocenters. The van der Waals surface area contributed by atoms with Crippen LogP contribution in [0.25, 0.3) is 0 Å². The van der Waals surface area contributed by atoms with Crippen molar-refractivity contribution in [1.82, 2.24) is 0 Å². The molecule has 0 saturated heterocycles. The summed E-state index contributed by atoms with van der Waals surface area (Å²) in [7, 11) is 1.55. The highest BCUT2D eigenvalue weighted by atomic mass is 32.1. The summed E-state index contributed by atoms with van der Waals surface area (Å²) in [4.78, 5) is 26.5. The fraction of sp³-hybridized carbons (Fsp3) is 0.368. The Morgan fingerprint density at radius 2 is 1.88 bits per heavy atom. The molecule has 1 heterocycles. The highest BCUT2D eigenvalue weighted by Gasteiger charge is 2.14. The second kappa shape index (κ2) is 8.67. The van der Waals surface area contributed by atoms with Gasteiger partial charge in [-0.1, -0.05) is 0 Å². The molecule has 0 saturated carbocycles. The molecular weight excluding hydrogens is 338 g/mol. The number of carbonyl (C=O) groups is 2. The number of hydrogen-bond donors (Lipinski definition) is 1. The van der Waals surface area contributed by atoms with E-state index in [4.69, 9.17) is 9.47 Å². The lowest BCUT2D eigenvalue weighted by molar-refractivity contribution is -0.116. The lowest BCUT2D eigenvalue weighted by atomic mass is 10.1. The molecule has 5 nitrogen and oxygen atoms in total. The van der Waals surface area contributed by atoms with Gasteiger partial charge in [-0.2, -0.15) is 0 Å². The largest absolute Gasteiger partial charge is 0.493 e. The van der Waals surface area contributed by atoms with Crippen LogP contribution in [0.1, 0.15) is 39.9 Å². The quantitative estimate of drug-likeness (QED) is 0.709. The Bertz CT molecular complexity index is 767. The van der Waals surface area contributed by atoms with Gasteiger partial charge in [0.1, 0.15) is 0 Å². The topological polar surface area (TPSA) is 64.6 Å². The highest BCUT2D eigenvalue weighted by molar-refractivity contribution is 7.12. The summed E-state index contributed by atoms with van der Waals surface area (Å²) in [5.41, 5.74) is 1.33. The highest BCUT2D eigenvalue weighted by Crippen LogP contribution is 2.30. The molecule has 1 N–H and O–H groups in total. The second-order valence-corrected chi connectivity index (χ2v) is 7.06. The third kappa shape index (κ3) is 5.06. The summed E-state index contributed by atoms with van der Waals surface area (Å²) >= 11 is 1.60. The van der Waals surface area contributed by atoms with E-state index in [1.807, 2.05) is 26.8 Å². The molecule has 1 aromatic heterocycles. The third-order valence-corrected chi connectivity index (χ3v) is 4.63. The van der Waals surface area contributed by atoms with E-state index in [1.54, 1.807) is 36.6 Å². The Morgan fingerprint density at radius 1 is 1.12 bits per heavy atom. The number of benzene rings is 1. The van der Waals surface area contributed by atoms with E-state index < -0.39 is 0 Å². The minimum Gasteiger partial charge on any atom is -0.493 e. The smallest absolute Gasteiger partial charge is 0.224 e. The molecule has 0 atom stereocenters. The number of thiophene rings is 1. The molecule has 1 aromatic carbocycles. The maximum absolute atomic E-state index is 12.2. The number of ketones is 1. The molecule has 0 aliphatic heterocycles. The van der Waals surface area contributed by atoms with Crippen molar-refractivity contribution in [2.24, 2.45) is 0 Å². The van der Waals surface area contributed by atoms with Crippen molar-refractivity contribution in [1.29, 1.82) is 0 Å². The summed E-state index contributed by atoms with van der Waals surface area (Å²) < 4.78 is 10.7. The van der Waals surface area contributed by atoms with Gasteiger partial charge in [0, 0.05) is 39.9 Å². The van der Waals surface area contributed by atoms with Gasteiger partial charge in [-0.25, -0.2) is 0 Å². The number of carbonyl (C=O) groups excluding carboxylic acids is 2. The normalized spacial score (nSPS) is 10.4. The average molecular weight is 361 g/mol. The number of amides is 1. The number of rotatable bonds is 8. The predicted molar refractivity (Wildman–Crippen MR) is 100 cm³/mol. The number of nitrogens with one attached hydrogen (secondary N) is 1. The van der Waals surface area contributed by atoms with Crippen molar-refractivity contribution in [3.05, 3.63) is 39.6 Å². The van der Waals surface area contributed by atoms with Crippen molar-refractivity contribution in [2.45, 2.75) is 33.6 Å². The standard InChI is InChI=1S/C19H23NO4S/c1-5-24-17-8-6-14(11-18(17)23-4)20-19(22)9-7-16(21)15-10-12(2)25-13(15)3/h6,8,10-11H,5,7,9H2,1-4H3,(H,20,22). The first kappa shape index (κ1) is 19.0. The van der Waals surface area contributed by atoms with Crippen LogP contribution in [0.15, 0.2) is 24.3 Å². The van der Waals surface area contributed by atoms with Crippen molar-refractivity contribution < 1.29 is 19.1 Å². The van der Waals surface area contributed by atoms with E-state index >= 15 is 0 Å². The Labute approximate surface area is 152 Å². The summed E-state index contributed by atoms with van der Waals surface area (Å²) in [6, 6.07) is 7.09. The number of aryl methyl sites for hydroxylation is 2. The van der Waals surface area contributed by atoms with Gasteiger partial charge in [-0.3, -0.25) is 9.59 Å². The van der Waals surface area contributed by atoms with Crippen molar-refractivity contribution in [2.75, 3.05) is 19.0 Å². The lowest BCUT2D eigenvalue weighted by Gasteiger charge is -2.11. The van der Waals surface area contributed by atoms with Crippen LogP contribution in [0.2, 0.25) is 0 Å². The minimum atomic E-state index is -0.204. The maximum Gasteiger partial charge on any atom is 0.224 e. The zero-order chi connectivity index (χ0) is 18.4. The molecule has 0 aliphatic rings. The van der Waals surface area contributed by atoms with E-state index in [0.29, 0.717) is 23.8 Å². The van der Waals surface area contributed by atoms with Gasteiger partial charge >= 0.3 is 0 Å². The molecule has 0 fully saturated rings. The fourth-order valence-electron chi connectivity index (χ4n) is 2.51. The predicted octanol–water partition coefficient (Wildman–Crippen LogP) is 4.37. The van der Waals surface area contributed by atoms with Crippen molar-refractivity contribution in [3.8, 4) is 11.5 Å². The van der Waals surface area contributed by atoms with Crippen LogP contribution in [0.4, 0.5) is 5.69 Å². The zero-order valence-electron chi connectivity index (χ0n) is 15.0. The van der Waals surface area contributed by atoms with E-state index in [9.17, 15) is 9.59 Å². The van der Waals surface area contributed by atoms with E-state index in [1.165, 1.54) is 0 Å². The average Bonchev–Trinajstić information content (AvgIpc) is 2.92. The first-order valence-corrected chi connectivity index (χ1v) is 8.97. The van der Waals surface area contributed by atoms with Crippen molar-refractivity contribution in [3.63, 3.8) is 0 Å². The molecule has 0 bridgehead atoms. The molecule has 6 heteroatoms. The second-order valence-electron chi connectivity index (χ2n) is 5.60. The number of Topliss-reactive ketones (excluding diaryl/α,β-unsaturated/α-hetero) is 1. The van der Waals surface area contributed by atoms with Crippen LogP contribution in [0.5, 0.6) is 11.5 Å². The summed E-state index contributed by atoms with van der Waals surface area (Å²) in [6.07, 6.45) is 0.333. The van der Waals surface area contributed by atoms with E-state index in [-0.39, 0.29) is 24.5 Å². The van der Waals surface area contributed by atoms with Crippen LogP contribution in [0, 0.1) is 13.8 Å². The van der Waals surface area contributed by atoms with Gasteiger partial charge in [-0.15, -0.1) is 11.3 Å². The van der Waals surface area contributed by atoms with Crippen molar-refractivity contribution >= 4 is 28.7 Å². The van der Waals surface area contributed by atoms with Gasteiger partial charge in [0.25, 0.3) is 0 Å². The van der Waals surface area contributed by atoms with Gasteiger partial charge in [0.15, 0.2) is 17.3 Å². The maximum atomic E-state index is 12.2. The van der Waals surface area contributed by atoms with Crippen LogP contribution < -0.4 is 14.8 Å². The number of methoxy groups -OCH3 is 1. The van der Waals surface area contributed by atoms with E-state index in [0.717, 1.165) is 15.3 Å². The molecule has 0 radical (unpaired) electrons. The first-order chi connectivity index (χ1) is 11.9. The number of hydrogen-bond acceptors (Lipinski definition) is 5.